The van der Waals surface area contributed by atoms with Crippen molar-refractivity contribution in [3.63, 3.8) is 0 Å². The molecule has 3 nitrogen and oxygen atoms in total. The maximum absolute atomic E-state index is 13.3. The Morgan fingerprint density at radius 3 is 2.26 bits per heavy atom. The number of halogens is 1. The number of rotatable bonds is 5. The number of benzene rings is 1. The lowest BCUT2D eigenvalue weighted by atomic mass is 9.80. The summed E-state index contributed by atoms with van der Waals surface area (Å²) in [7, 11) is 2.98. The molecule has 0 aliphatic heterocycles. The standard InChI is InChI=1S/C14H21BFO3/c1-9-7-10(16)8-11(18-6)12(9)15-19-14(4,5)13(2,3)17/h7-8,17H,1-6H3. The second-order valence-corrected chi connectivity index (χ2v) is 5.64. The molecule has 0 atom stereocenters. The molecule has 0 bridgehead atoms. The Morgan fingerprint density at radius 2 is 1.79 bits per heavy atom. The Morgan fingerprint density at radius 1 is 1.21 bits per heavy atom. The van der Waals surface area contributed by atoms with Crippen LogP contribution in [0.1, 0.15) is 33.3 Å². The Kier molecular flexibility index (Phi) is 4.64. The highest BCUT2D eigenvalue weighted by Gasteiger charge is 2.36. The van der Waals surface area contributed by atoms with Gasteiger partial charge in [-0.05, 0) is 51.7 Å². The summed E-state index contributed by atoms with van der Waals surface area (Å²) in [5.74, 6) is 0.0531. The largest absolute Gasteiger partial charge is 0.497 e. The molecule has 19 heavy (non-hydrogen) atoms. The minimum atomic E-state index is -1.01. The van der Waals surface area contributed by atoms with Gasteiger partial charge in [-0.15, -0.1) is 0 Å². The van der Waals surface area contributed by atoms with Crippen LogP contribution in [0.25, 0.3) is 0 Å². The van der Waals surface area contributed by atoms with E-state index in [1.54, 1.807) is 34.6 Å². The van der Waals surface area contributed by atoms with E-state index >= 15 is 0 Å². The molecule has 1 rings (SSSR count). The van der Waals surface area contributed by atoms with Gasteiger partial charge in [-0.25, -0.2) is 4.39 Å². The van der Waals surface area contributed by atoms with E-state index in [2.05, 4.69) is 0 Å². The fourth-order valence-electron chi connectivity index (χ4n) is 1.39. The number of aryl methyl sites for hydroxylation is 1. The zero-order valence-corrected chi connectivity index (χ0v) is 12.4. The first kappa shape index (κ1) is 16.0. The monoisotopic (exact) mass is 267 g/mol. The van der Waals surface area contributed by atoms with Gasteiger partial charge in [0.1, 0.15) is 11.6 Å². The van der Waals surface area contributed by atoms with Crippen molar-refractivity contribution < 1.29 is 18.9 Å². The molecule has 0 saturated heterocycles. The van der Waals surface area contributed by atoms with Crippen molar-refractivity contribution in [2.45, 2.75) is 45.8 Å². The van der Waals surface area contributed by atoms with Crippen molar-refractivity contribution in [2.75, 3.05) is 7.11 Å². The molecule has 0 spiro atoms. The summed E-state index contributed by atoms with van der Waals surface area (Å²) in [5.41, 5.74) is -0.409. The molecule has 0 fully saturated rings. The van der Waals surface area contributed by atoms with E-state index in [1.807, 2.05) is 0 Å². The fourth-order valence-corrected chi connectivity index (χ4v) is 1.39. The quantitative estimate of drug-likeness (QED) is 0.829. The maximum atomic E-state index is 13.3. The van der Waals surface area contributed by atoms with Gasteiger partial charge in [0.2, 0.25) is 0 Å². The number of aliphatic hydroxyl groups is 1. The Bertz CT molecular complexity index is 453. The smallest absolute Gasteiger partial charge is 0.335 e. The minimum absolute atomic E-state index is 0.353. The second kappa shape index (κ2) is 5.51. The van der Waals surface area contributed by atoms with E-state index in [9.17, 15) is 9.50 Å². The number of ether oxygens (including phenoxy) is 1. The van der Waals surface area contributed by atoms with Crippen LogP contribution >= 0.6 is 0 Å². The van der Waals surface area contributed by atoms with Crippen LogP contribution in [0.4, 0.5) is 4.39 Å². The molecule has 1 aromatic rings. The number of methoxy groups -OCH3 is 1. The van der Waals surface area contributed by atoms with Crippen molar-refractivity contribution in [1.82, 2.24) is 0 Å². The van der Waals surface area contributed by atoms with Crippen molar-refractivity contribution in [3.05, 3.63) is 23.5 Å². The van der Waals surface area contributed by atoms with Crippen LogP contribution in [0.2, 0.25) is 0 Å². The molecular formula is C14H21BFO3. The van der Waals surface area contributed by atoms with Crippen molar-refractivity contribution in [2.24, 2.45) is 0 Å². The Labute approximate surface area is 115 Å². The molecule has 1 N–H and O–H groups in total. The van der Waals surface area contributed by atoms with Crippen molar-refractivity contribution >= 4 is 12.9 Å². The predicted octanol–water partition coefficient (Wildman–Crippen LogP) is 1.95. The van der Waals surface area contributed by atoms with E-state index in [0.717, 1.165) is 0 Å². The lowest BCUT2D eigenvalue weighted by molar-refractivity contribution is -0.0893. The maximum Gasteiger partial charge on any atom is 0.335 e. The molecular weight excluding hydrogens is 246 g/mol. The molecule has 0 aliphatic carbocycles. The summed E-state index contributed by atoms with van der Waals surface area (Å²) in [6.07, 6.45) is 0. The van der Waals surface area contributed by atoms with Gasteiger partial charge >= 0.3 is 7.48 Å². The van der Waals surface area contributed by atoms with Crippen LogP contribution < -0.4 is 10.2 Å². The lowest BCUT2D eigenvalue weighted by Crippen LogP contribution is -2.49. The summed E-state index contributed by atoms with van der Waals surface area (Å²) < 4.78 is 24.1. The van der Waals surface area contributed by atoms with Gasteiger partial charge in [0, 0.05) is 6.07 Å². The average molecular weight is 267 g/mol. The normalized spacial score (nSPS) is 12.4. The summed E-state index contributed by atoms with van der Waals surface area (Å²) in [6.45, 7) is 8.70. The molecule has 0 amide bonds. The molecule has 1 aromatic carbocycles. The third-order valence-electron chi connectivity index (χ3n) is 3.48. The SMILES string of the molecule is COc1cc(F)cc(C)c1[B]OC(C)(C)C(C)(C)O. The van der Waals surface area contributed by atoms with Gasteiger partial charge in [0.05, 0.1) is 18.3 Å². The van der Waals surface area contributed by atoms with E-state index in [-0.39, 0.29) is 5.82 Å². The summed E-state index contributed by atoms with van der Waals surface area (Å²) in [6, 6.07) is 2.72. The highest BCUT2D eigenvalue weighted by atomic mass is 19.1. The van der Waals surface area contributed by atoms with Crippen LogP contribution in [0.15, 0.2) is 12.1 Å². The van der Waals surface area contributed by atoms with Crippen LogP contribution in [0, 0.1) is 12.7 Å². The molecule has 5 heteroatoms. The van der Waals surface area contributed by atoms with Gasteiger partial charge in [0.25, 0.3) is 0 Å². The first-order valence-corrected chi connectivity index (χ1v) is 6.16. The molecule has 105 valence electrons. The third-order valence-corrected chi connectivity index (χ3v) is 3.48. The van der Waals surface area contributed by atoms with E-state index in [0.29, 0.717) is 16.8 Å². The topological polar surface area (TPSA) is 38.7 Å². The van der Waals surface area contributed by atoms with Crippen molar-refractivity contribution in [1.29, 1.82) is 0 Å². The zero-order valence-electron chi connectivity index (χ0n) is 12.4. The molecule has 0 heterocycles. The molecule has 0 unspecified atom stereocenters. The highest BCUT2D eigenvalue weighted by Crippen LogP contribution is 2.25. The first-order valence-electron chi connectivity index (χ1n) is 6.16. The number of hydrogen-bond acceptors (Lipinski definition) is 3. The summed E-state index contributed by atoms with van der Waals surface area (Å²) in [4.78, 5) is 0. The Balaban J connectivity index is 2.95. The Hall–Kier alpha value is -1.07. The summed E-state index contributed by atoms with van der Waals surface area (Å²) >= 11 is 0. The van der Waals surface area contributed by atoms with Crippen molar-refractivity contribution in [3.8, 4) is 5.75 Å². The van der Waals surface area contributed by atoms with Crippen LogP contribution in [-0.2, 0) is 4.65 Å². The van der Waals surface area contributed by atoms with E-state index in [4.69, 9.17) is 9.39 Å². The highest BCUT2D eigenvalue weighted by molar-refractivity contribution is 6.49. The van der Waals surface area contributed by atoms with Gasteiger partial charge in [-0.3, -0.25) is 0 Å². The van der Waals surface area contributed by atoms with Gasteiger partial charge < -0.3 is 14.5 Å². The second-order valence-electron chi connectivity index (χ2n) is 5.64. The fraction of sp³-hybridized carbons (Fsp3) is 0.571. The molecule has 0 aliphatic rings. The van der Waals surface area contributed by atoms with Gasteiger partial charge in [0.15, 0.2) is 0 Å². The predicted molar refractivity (Wildman–Crippen MR) is 74.5 cm³/mol. The van der Waals surface area contributed by atoms with E-state index in [1.165, 1.54) is 26.7 Å². The van der Waals surface area contributed by atoms with Gasteiger partial charge in [-0.1, -0.05) is 0 Å². The zero-order chi connectivity index (χ0) is 14.8. The molecule has 0 aromatic heterocycles. The van der Waals surface area contributed by atoms with Crippen LogP contribution in [-0.4, -0.2) is 30.9 Å². The molecule has 0 saturated carbocycles. The van der Waals surface area contributed by atoms with Crippen LogP contribution in [0.5, 0.6) is 5.75 Å². The van der Waals surface area contributed by atoms with Gasteiger partial charge in [-0.2, -0.15) is 0 Å². The average Bonchev–Trinajstić information content (AvgIpc) is 2.25. The summed E-state index contributed by atoms with van der Waals surface area (Å²) in [5, 5.41) is 10.0. The number of hydrogen-bond donors (Lipinski definition) is 1. The minimum Gasteiger partial charge on any atom is -0.497 e. The lowest BCUT2D eigenvalue weighted by Gasteiger charge is -2.37. The van der Waals surface area contributed by atoms with Crippen LogP contribution in [0.3, 0.4) is 0 Å². The molecule has 1 radical (unpaired) electrons. The van der Waals surface area contributed by atoms with E-state index < -0.39 is 11.2 Å². The third kappa shape index (κ3) is 3.70. The first-order chi connectivity index (χ1) is 8.58.